The second kappa shape index (κ2) is 4.95. The Morgan fingerprint density at radius 2 is 1.75 bits per heavy atom. The van der Waals surface area contributed by atoms with Crippen molar-refractivity contribution in [1.29, 1.82) is 0 Å². The van der Waals surface area contributed by atoms with Crippen LogP contribution in [0.4, 0.5) is 5.69 Å². The maximum Gasteiger partial charge on any atom is 0.0895 e. The lowest BCUT2D eigenvalue weighted by Gasteiger charge is -2.43. The van der Waals surface area contributed by atoms with Crippen molar-refractivity contribution in [2.45, 2.75) is 25.0 Å². The van der Waals surface area contributed by atoms with E-state index in [-0.39, 0.29) is 6.10 Å². The summed E-state index contributed by atoms with van der Waals surface area (Å²) < 4.78 is 6.12. The molecule has 2 heterocycles. The number of rotatable bonds is 1. The SMILES string of the molecule is c1ccc(C2Nc3ccccc3[C@@H]3OCCC[C@H]23)cc1. The quantitative estimate of drug-likeness (QED) is 0.829. The van der Waals surface area contributed by atoms with Crippen molar-refractivity contribution in [2.24, 2.45) is 5.92 Å². The van der Waals surface area contributed by atoms with Crippen molar-refractivity contribution >= 4 is 5.69 Å². The van der Waals surface area contributed by atoms with E-state index in [1.54, 1.807) is 0 Å². The zero-order valence-electron chi connectivity index (χ0n) is 11.5. The largest absolute Gasteiger partial charge is 0.378 e. The Kier molecular flexibility index (Phi) is 2.96. The summed E-state index contributed by atoms with van der Waals surface area (Å²) in [5.41, 5.74) is 3.91. The minimum Gasteiger partial charge on any atom is -0.378 e. The van der Waals surface area contributed by atoms with Gasteiger partial charge < -0.3 is 10.1 Å². The van der Waals surface area contributed by atoms with Crippen LogP contribution >= 0.6 is 0 Å². The zero-order chi connectivity index (χ0) is 13.4. The van der Waals surface area contributed by atoms with Gasteiger partial charge in [-0.15, -0.1) is 0 Å². The van der Waals surface area contributed by atoms with E-state index in [9.17, 15) is 0 Å². The molecule has 2 aromatic carbocycles. The molecule has 3 atom stereocenters. The van der Waals surface area contributed by atoms with Gasteiger partial charge in [-0.2, -0.15) is 0 Å². The number of hydrogen-bond donors (Lipinski definition) is 1. The van der Waals surface area contributed by atoms with Crippen LogP contribution in [-0.4, -0.2) is 6.61 Å². The molecule has 0 saturated carbocycles. The lowest BCUT2D eigenvalue weighted by molar-refractivity contribution is -0.0381. The Labute approximate surface area is 119 Å². The van der Waals surface area contributed by atoms with E-state index < -0.39 is 0 Å². The molecule has 1 saturated heterocycles. The lowest BCUT2D eigenvalue weighted by atomic mass is 9.77. The molecule has 4 rings (SSSR count). The third-order valence-electron chi connectivity index (χ3n) is 4.53. The molecule has 0 aromatic heterocycles. The summed E-state index contributed by atoms with van der Waals surface area (Å²) in [6.45, 7) is 0.886. The molecule has 102 valence electrons. The van der Waals surface area contributed by atoms with E-state index in [4.69, 9.17) is 4.74 Å². The minimum absolute atomic E-state index is 0.242. The number of nitrogens with one attached hydrogen (secondary N) is 1. The van der Waals surface area contributed by atoms with Gasteiger partial charge in [0.2, 0.25) is 0 Å². The highest BCUT2D eigenvalue weighted by atomic mass is 16.5. The van der Waals surface area contributed by atoms with Gasteiger partial charge in [0.15, 0.2) is 0 Å². The van der Waals surface area contributed by atoms with Gasteiger partial charge in [-0.1, -0.05) is 48.5 Å². The van der Waals surface area contributed by atoms with E-state index in [0.717, 1.165) is 13.0 Å². The molecule has 0 radical (unpaired) electrons. The average molecular weight is 265 g/mol. The molecule has 2 heteroatoms. The summed E-state index contributed by atoms with van der Waals surface area (Å²) in [7, 11) is 0. The number of hydrogen-bond acceptors (Lipinski definition) is 2. The maximum atomic E-state index is 6.12. The molecule has 2 nitrogen and oxygen atoms in total. The van der Waals surface area contributed by atoms with Gasteiger partial charge in [-0.25, -0.2) is 0 Å². The Morgan fingerprint density at radius 3 is 2.65 bits per heavy atom. The molecule has 0 aliphatic carbocycles. The summed E-state index contributed by atoms with van der Waals surface area (Å²) in [5.74, 6) is 0.529. The summed E-state index contributed by atoms with van der Waals surface area (Å²) in [4.78, 5) is 0. The third kappa shape index (κ3) is 1.92. The summed E-state index contributed by atoms with van der Waals surface area (Å²) in [5, 5.41) is 3.73. The highest BCUT2D eigenvalue weighted by molar-refractivity contribution is 5.57. The van der Waals surface area contributed by atoms with E-state index in [1.807, 2.05) is 0 Å². The van der Waals surface area contributed by atoms with E-state index in [1.165, 1.54) is 23.2 Å². The standard InChI is InChI=1S/C18H19NO/c1-2-7-13(8-3-1)17-15-10-6-12-20-18(15)14-9-4-5-11-16(14)19-17/h1-5,7-9,11,15,17-19H,6,10,12H2/t15-,17?,18+/m1/s1. The van der Waals surface area contributed by atoms with Crippen LogP contribution in [0.2, 0.25) is 0 Å². The van der Waals surface area contributed by atoms with Crippen LogP contribution in [0.5, 0.6) is 0 Å². The van der Waals surface area contributed by atoms with Crippen molar-refractivity contribution in [2.75, 3.05) is 11.9 Å². The Morgan fingerprint density at radius 1 is 0.950 bits per heavy atom. The van der Waals surface area contributed by atoms with Crippen molar-refractivity contribution in [3.05, 3.63) is 65.7 Å². The molecule has 2 aliphatic rings. The van der Waals surface area contributed by atoms with Gasteiger partial charge in [0, 0.05) is 23.8 Å². The van der Waals surface area contributed by atoms with Gasteiger partial charge in [-0.3, -0.25) is 0 Å². The molecule has 2 aliphatic heterocycles. The first-order chi connectivity index (χ1) is 9.93. The van der Waals surface area contributed by atoms with Gasteiger partial charge in [0.25, 0.3) is 0 Å². The van der Waals surface area contributed by atoms with Crippen molar-refractivity contribution < 1.29 is 4.74 Å². The normalized spacial score (nSPS) is 28.1. The first kappa shape index (κ1) is 12.0. The van der Waals surface area contributed by atoms with Crippen molar-refractivity contribution in [3.63, 3.8) is 0 Å². The van der Waals surface area contributed by atoms with Gasteiger partial charge in [0.1, 0.15) is 0 Å². The highest BCUT2D eigenvalue weighted by Crippen LogP contribution is 2.48. The zero-order valence-corrected chi connectivity index (χ0v) is 11.5. The van der Waals surface area contributed by atoms with E-state index in [2.05, 4.69) is 59.9 Å². The van der Waals surface area contributed by atoms with Crippen molar-refractivity contribution in [1.82, 2.24) is 0 Å². The van der Waals surface area contributed by atoms with Gasteiger partial charge in [-0.05, 0) is 24.5 Å². The summed E-state index contributed by atoms with van der Waals surface area (Å²) in [6, 6.07) is 19.7. The van der Waals surface area contributed by atoms with Crippen LogP contribution in [0.1, 0.15) is 36.1 Å². The molecule has 1 N–H and O–H groups in total. The monoisotopic (exact) mass is 265 g/mol. The fourth-order valence-corrected chi connectivity index (χ4v) is 3.61. The van der Waals surface area contributed by atoms with Crippen LogP contribution in [0.3, 0.4) is 0 Å². The van der Waals surface area contributed by atoms with Crippen molar-refractivity contribution in [3.8, 4) is 0 Å². The van der Waals surface area contributed by atoms with E-state index >= 15 is 0 Å². The number of ether oxygens (including phenoxy) is 1. The summed E-state index contributed by atoms with van der Waals surface area (Å²) in [6.07, 6.45) is 2.63. The lowest BCUT2D eigenvalue weighted by Crippen LogP contribution is -2.35. The predicted octanol–water partition coefficient (Wildman–Crippen LogP) is 4.32. The van der Waals surface area contributed by atoms with Crippen LogP contribution in [0.25, 0.3) is 0 Å². The molecule has 1 fully saturated rings. The first-order valence-electron chi connectivity index (χ1n) is 7.45. The van der Waals surface area contributed by atoms with Gasteiger partial charge in [0.05, 0.1) is 12.1 Å². The van der Waals surface area contributed by atoms with Crippen LogP contribution in [0, 0.1) is 5.92 Å². The summed E-state index contributed by atoms with van der Waals surface area (Å²) >= 11 is 0. The van der Waals surface area contributed by atoms with Crippen LogP contribution in [-0.2, 0) is 4.74 Å². The first-order valence-corrected chi connectivity index (χ1v) is 7.45. The average Bonchev–Trinajstić information content (AvgIpc) is 2.55. The molecular weight excluding hydrogens is 246 g/mol. The maximum absolute atomic E-state index is 6.12. The van der Waals surface area contributed by atoms with E-state index in [0.29, 0.717) is 12.0 Å². The van der Waals surface area contributed by atoms with Gasteiger partial charge >= 0.3 is 0 Å². The Hall–Kier alpha value is -1.80. The molecular formula is C18H19NO. The Balaban J connectivity index is 1.78. The Bertz CT molecular complexity index is 595. The molecule has 20 heavy (non-hydrogen) atoms. The number of fused-ring (bicyclic) bond motifs is 3. The number of para-hydroxylation sites is 1. The second-order valence-corrected chi connectivity index (χ2v) is 5.72. The molecule has 0 bridgehead atoms. The highest BCUT2D eigenvalue weighted by Gasteiger charge is 2.39. The number of anilines is 1. The molecule has 0 amide bonds. The second-order valence-electron chi connectivity index (χ2n) is 5.72. The fraction of sp³-hybridized carbons (Fsp3) is 0.333. The molecule has 0 spiro atoms. The molecule has 2 aromatic rings. The van der Waals surface area contributed by atoms with Crippen LogP contribution < -0.4 is 5.32 Å². The topological polar surface area (TPSA) is 21.3 Å². The smallest absolute Gasteiger partial charge is 0.0895 e. The third-order valence-corrected chi connectivity index (χ3v) is 4.53. The predicted molar refractivity (Wildman–Crippen MR) is 80.7 cm³/mol. The minimum atomic E-state index is 0.242. The fourth-order valence-electron chi connectivity index (χ4n) is 3.61. The number of benzene rings is 2. The van der Waals surface area contributed by atoms with Crippen LogP contribution in [0.15, 0.2) is 54.6 Å². The molecule has 1 unspecified atom stereocenters.